The van der Waals surface area contributed by atoms with Gasteiger partial charge in [0.2, 0.25) is 5.16 Å². The van der Waals surface area contributed by atoms with Crippen LogP contribution in [-0.4, -0.2) is 36.8 Å². The summed E-state index contributed by atoms with van der Waals surface area (Å²) in [5.74, 6) is 0.983. The van der Waals surface area contributed by atoms with Crippen LogP contribution in [0.5, 0.6) is 5.75 Å². The molecule has 2 aromatic rings. The van der Waals surface area contributed by atoms with E-state index in [1.54, 1.807) is 35.9 Å². The number of Topliss-reactive ketones (excluding diaryl/α,β-unsaturated/α-hetero) is 1. The van der Waals surface area contributed by atoms with Crippen LogP contribution >= 0.6 is 11.8 Å². The lowest BCUT2D eigenvalue weighted by Crippen LogP contribution is -2.00. The molecule has 0 aliphatic carbocycles. The summed E-state index contributed by atoms with van der Waals surface area (Å²) in [5.41, 5.74) is 0.767. The van der Waals surface area contributed by atoms with Crippen LogP contribution in [0.3, 0.4) is 0 Å². The molecule has 18 heavy (non-hydrogen) atoms. The van der Waals surface area contributed by atoms with Gasteiger partial charge in [0.05, 0.1) is 5.69 Å². The second kappa shape index (κ2) is 5.63. The molecular formula is C11H12N4O2S. The minimum Gasteiger partial charge on any atom is -0.508 e. The molecule has 94 valence electrons. The third-order valence-electron chi connectivity index (χ3n) is 2.22. The molecule has 0 aliphatic rings. The smallest absolute Gasteiger partial charge is 0.214 e. The van der Waals surface area contributed by atoms with Gasteiger partial charge in [-0.25, -0.2) is 0 Å². The van der Waals surface area contributed by atoms with E-state index in [2.05, 4.69) is 15.5 Å². The van der Waals surface area contributed by atoms with Crippen LogP contribution in [0.1, 0.15) is 13.3 Å². The second-order valence-corrected chi connectivity index (χ2v) is 4.75. The maximum Gasteiger partial charge on any atom is 0.214 e. The number of aromatic hydroxyl groups is 1. The highest BCUT2D eigenvalue weighted by Crippen LogP contribution is 2.20. The third-order valence-corrected chi connectivity index (χ3v) is 3.14. The van der Waals surface area contributed by atoms with Crippen LogP contribution in [-0.2, 0) is 4.79 Å². The van der Waals surface area contributed by atoms with Gasteiger partial charge in [-0.2, -0.15) is 4.68 Å². The van der Waals surface area contributed by atoms with Crippen molar-refractivity contribution in [1.82, 2.24) is 20.2 Å². The van der Waals surface area contributed by atoms with E-state index < -0.39 is 0 Å². The molecule has 1 N–H and O–H groups in total. The quantitative estimate of drug-likeness (QED) is 0.823. The highest BCUT2D eigenvalue weighted by Gasteiger charge is 2.09. The Balaban J connectivity index is 2.12. The monoisotopic (exact) mass is 264 g/mol. The Kier molecular flexibility index (Phi) is 3.93. The Bertz CT molecular complexity index is 538. The first-order valence-electron chi connectivity index (χ1n) is 5.37. The van der Waals surface area contributed by atoms with Crippen molar-refractivity contribution in [2.45, 2.75) is 18.5 Å². The molecule has 1 heterocycles. The maximum atomic E-state index is 10.9. The number of thioether (sulfide) groups is 1. The molecular weight excluding hydrogens is 252 g/mol. The minimum atomic E-state index is 0.145. The van der Waals surface area contributed by atoms with E-state index in [1.165, 1.54) is 11.8 Å². The molecule has 1 aromatic heterocycles. The van der Waals surface area contributed by atoms with Crippen LogP contribution in [0, 0.1) is 0 Å². The summed E-state index contributed by atoms with van der Waals surface area (Å²) < 4.78 is 1.57. The van der Waals surface area contributed by atoms with Crippen molar-refractivity contribution >= 4 is 17.5 Å². The highest BCUT2D eigenvalue weighted by atomic mass is 32.2. The standard InChI is InChI=1S/C11H12N4O2S/c1-8(16)6-7-18-11-12-13-14-15(11)9-2-4-10(17)5-3-9/h2-5,17H,6-7H2,1H3. The molecule has 0 radical (unpaired) electrons. The van der Waals surface area contributed by atoms with E-state index >= 15 is 0 Å². The van der Waals surface area contributed by atoms with Crippen LogP contribution in [0.4, 0.5) is 0 Å². The number of phenolic OH excluding ortho intramolecular Hbond substituents is 1. The normalized spacial score (nSPS) is 10.5. The van der Waals surface area contributed by atoms with E-state index in [-0.39, 0.29) is 11.5 Å². The molecule has 0 aliphatic heterocycles. The zero-order chi connectivity index (χ0) is 13.0. The average Bonchev–Trinajstić information content (AvgIpc) is 2.78. The van der Waals surface area contributed by atoms with Crippen molar-refractivity contribution in [3.63, 3.8) is 0 Å². The van der Waals surface area contributed by atoms with Gasteiger partial charge in [-0.05, 0) is 41.6 Å². The lowest BCUT2D eigenvalue weighted by atomic mass is 10.3. The number of hydrogen-bond donors (Lipinski definition) is 1. The molecule has 0 atom stereocenters. The molecule has 0 saturated heterocycles. The molecule has 1 aromatic carbocycles. The number of rotatable bonds is 5. The van der Waals surface area contributed by atoms with Gasteiger partial charge < -0.3 is 5.11 Å². The Morgan fingerprint density at radius 1 is 1.39 bits per heavy atom. The zero-order valence-corrected chi connectivity index (χ0v) is 10.6. The number of carbonyl (C=O) groups excluding carboxylic acids is 1. The van der Waals surface area contributed by atoms with Crippen molar-refractivity contribution in [2.24, 2.45) is 0 Å². The summed E-state index contributed by atoms with van der Waals surface area (Å²) in [5, 5.41) is 21.2. The fourth-order valence-corrected chi connectivity index (χ4v) is 2.24. The van der Waals surface area contributed by atoms with E-state index in [0.717, 1.165) is 5.69 Å². The fraction of sp³-hybridized carbons (Fsp3) is 0.273. The first-order chi connectivity index (χ1) is 8.66. The number of tetrazole rings is 1. The van der Waals surface area contributed by atoms with Gasteiger partial charge in [-0.3, -0.25) is 4.79 Å². The molecule has 6 nitrogen and oxygen atoms in total. The van der Waals surface area contributed by atoms with Gasteiger partial charge in [0.25, 0.3) is 0 Å². The number of carbonyl (C=O) groups is 1. The molecule has 0 saturated carbocycles. The van der Waals surface area contributed by atoms with Crippen molar-refractivity contribution in [2.75, 3.05) is 5.75 Å². The summed E-state index contributed by atoms with van der Waals surface area (Å²) in [6, 6.07) is 6.59. The molecule has 0 fully saturated rings. The summed E-state index contributed by atoms with van der Waals surface area (Å²) >= 11 is 1.42. The lowest BCUT2D eigenvalue weighted by Gasteiger charge is -2.03. The molecule has 0 spiro atoms. The average molecular weight is 264 g/mol. The number of ketones is 1. The number of hydrogen-bond acceptors (Lipinski definition) is 6. The maximum absolute atomic E-state index is 10.9. The second-order valence-electron chi connectivity index (χ2n) is 3.69. The molecule has 7 heteroatoms. The van der Waals surface area contributed by atoms with Crippen molar-refractivity contribution in [3.05, 3.63) is 24.3 Å². The zero-order valence-electron chi connectivity index (χ0n) is 9.78. The fourth-order valence-electron chi connectivity index (χ4n) is 1.31. The summed E-state index contributed by atoms with van der Waals surface area (Å²) in [4.78, 5) is 10.9. The number of phenols is 1. The van der Waals surface area contributed by atoms with Gasteiger partial charge in [-0.15, -0.1) is 5.10 Å². The Morgan fingerprint density at radius 2 is 2.11 bits per heavy atom. The van der Waals surface area contributed by atoms with Crippen LogP contribution in [0.2, 0.25) is 0 Å². The van der Waals surface area contributed by atoms with Crippen LogP contribution < -0.4 is 0 Å². The predicted molar refractivity (Wildman–Crippen MR) is 66.8 cm³/mol. The van der Waals surface area contributed by atoms with Gasteiger partial charge in [0.1, 0.15) is 11.5 Å². The van der Waals surface area contributed by atoms with E-state index in [9.17, 15) is 9.90 Å². The third kappa shape index (κ3) is 3.07. The van der Waals surface area contributed by atoms with E-state index in [0.29, 0.717) is 17.3 Å². The Labute approximate surface area is 108 Å². The Hall–Kier alpha value is -1.89. The summed E-state index contributed by atoms with van der Waals surface area (Å²) in [6.45, 7) is 1.56. The molecule has 0 unspecified atom stereocenters. The highest BCUT2D eigenvalue weighted by molar-refractivity contribution is 7.99. The molecule has 2 rings (SSSR count). The number of benzene rings is 1. The topological polar surface area (TPSA) is 80.9 Å². The van der Waals surface area contributed by atoms with Gasteiger partial charge >= 0.3 is 0 Å². The predicted octanol–water partition coefficient (Wildman–Crippen LogP) is 1.44. The minimum absolute atomic E-state index is 0.145. The largest absolute Gasteiger partial charge is 0.508 e. The number of aromatic nitrogens is 4. The lowest BCUT2D eigenvalue weighted by molar-refractivity contribution is -0.116. The van der Waals surface area contributed by atoms with Gasteiger partial charge in [0.15, 0.2) is 0 Å². The van der Waals surface area contributed by atoms with E-state index in [4.69, 9.17) is 0 Å². The molecule has 0 bridgehead atoms. The van der Waals surface area contributed by atoms with E-state index in [1.807, 2.05) is 0 Å². The van der Waals surface area contributed by atoms with Crippen molar-refractivity contribution < 1.29 is 9.90 Å². The molecule has 0 amide bonds. The van der Waals surface area contributed by atoms with Gasteiger partial charge in [-0.1, -0.05) is 11.8 Å². The van der Waals surface area contributed by atoms with Gasteiger partial charge in [0, 0.05) is 12.2 Å². The first kappa shape index (κ1) is 12.6. The van der Waals surface area contributed by atoms with Crippen LogP contribution in [0.15, 0.2) is 29.4 Å². The van der Waals surface area contributed by atoms with Crippen molar-refractivity contribution in [3.8, 4) is 11.4 Å². The Morgan fingerprint density at radius 3 is 2.78 bits per heavy atom. The summed E-state index contributed by atoms with van der Waals surface area (Å²) in [7, 11) is 0. The van der Waals surface area contributed by atoms with Crippen molar-refractivity contribution in [1.29, 1.82) is 0 Å². The summed E-state index contributed by atoms with van der Waals surface area (Å²) in [6.07, 6.45) is 0.493. The SMILES string of the molecule is CC(=O)CCSc1nnnn1-c1ccc(O)cc1. The number of nitrogens with zero attached hydrogens (tertiary/aromatic N) is 4. The van der Waals surface area contributed by atoms with Crippen LogP contribution in [0.25, 0.3) is 5.69 Å². The first-order valence-corrected chi connectivity index (χ1v) is 6.35.